The second-order valence-electron chi connectivity index (χ2n) is 6.27. The van der Waals surface area contributed by atoms with Crippen molar-refractivity contribution in [3.05, 3.63) is 65.5 Å². The van der Waals surface area contributed by atoms with Gasteiger partial charge >= 0.3 is 6.09 Å². The molecule has 4 rings (SSSR count). The zero-order valence-electron chi connectivity index (χ0n) is 12.7. The van der Waals surface area contributed by atoms with Gasteiger partial charge in [0.1, 0.15) is 5.54 Å². The molecule has 2 aromatic rings. The molecule has 4 nitrogen and oxygen atoms in total. The Bertz CT molecular complexity index is 746. The first-order valence-corrected chi connectivity index (χ1v) is 7.57. The standard InChI is InChI=1S/C18H18N2O2/c1-17-15-8-4-3-6-13(15)9-11-20(17)16(21)22-18(17,2)14-7-5-10-19-12-14/h3-8,10,12H,9,11H2,1-2H3/t17-,18+/m1/s1. The summed E-state index contributed by atoms with van der Waals surface area (Å²) in [6, 6.07) is 12.2. The molecule has 0 N–H and O–H groups in total. The van der Waals surface area contributed by atoms with Gasteiger partial charge in [0.2, 0.25) is 0 Å². The van der Waals surface area contributed by atoms with Crippen molar-refractivity contribution in [2.24, 2.45) is 0 Å². The minimum atomic E-state index is -0.755. The SMILES string of the molecule is C[C@@]1(c2cccnc2)OC(=O)N2CCc3ccccc3[C@@]21C. The van der Waals surface area contributed by atoms with Gasteiger partial charge in [-0.25, -0.2) is 4.79 Å². The van der Waals surface area contributed by atoms with Crippen molar-refractivity contribution in [2.45, 2.75) is 31.4 Å². The molecule has 0 aliphatic carbocycles. The van der Waals surface area contributed by atoms with Crippen molar-refractivity contribution in [2.75, 3.05) is 6.54 Å². The van der Waals surface area contributed by atoms with E-state index in [2.05, 4.69) is 30.1 Å². The number of carbonyl (C=O) groups excluding carboxylic acids is 1. The van der Waals surface area contributed by atoms with Gasteiger partial charge in [-0.15, -0.1) is 0 Å². The van der Waals surface area contributed by atoms with Crippen LogP contribution in [0.5, 0.6) is 0 Å². The van der Waals surface area contributed by atoms with E-state index in [1.807, 2.05) is 30.0 Å². The van der Waals surface area contributed by atoms with Gasteiger partial charge in [0, 0.05) is 24.5 Å². The lowest BCUT2D eigenvalue weighted by molar-refractivity contribution is -0.00270. The number of hydrogen-bond donors (Lipinski definition) is 0. The van der Waals surface area contributed by atoms with Gasteiger partial charge in [-0.05, 0) is 37.5 Å². The van der Waals surface area contributed by atoms with Gasteiger partial charge in [-0.2, -0.15) is 0 Å². The van der Waals surface area contributed by atoms with E-state index in [1.54, 1.807) is 12.4 Å². The highest BCUT2D eigenvalue weighted by molar-refractivity contribution is 5.75. The summed E-state index contributed by atoms with van der Waals surface area (Å²) in [7, 11) is 0. The second-order valence-corrected chi connectivity index (χ2v) is 6.27. The molecule has 2 aliphatic rings. The Morgan fingerprint density at radius 3 is 2.77 bits per heavy atom. The maximum absolute atomic E-state index is 12.5. The largest absolute Gasteiger partial charge is 0.435 e. The van der Waals surface area contributed by atoms with Gasteiger partial charge in [-0.1, -0.05) is 30.3 Å². The number of aromatic nitrogens is 1. The minimum Gasteiger partial charge on any atom is -0.435 e. The van der Waals surface area contributed by atoms with Crippen molar-refractivity contribution in [1.29, 1.82) is 0 Å². The van der Waals surface area contributed by atoms with E-state index < -0.39 is 11.1 Å². The lowest BCUT2D eigenvalue weighted by Crippen LogP contribution is -2.54. The average Bonchev–Trinajstić information content (AvgIpc) is 2.76. The van der Waals surface area contributed by atoms with Crippen LogP contribution in [-0.4, -0.2) is 22.5 Å². The fourth-order valence-electron chi connectivity index (χ4n) is 3.92. The lowest BCUT2D eigenvalue weighted by atomic mass is 9.70. The molecule has 2 atom stereocenters. The molecule has 1 aromatic carbocycles. The number of amides is 1. The first-order chi connectivity index (χ1) is 10.6. The maximum atomic E-state index is 12.5. The molecule has 1 amide bonds. The topological polar surface area (TPSA) is 42.4 Å². The van der Waals surface area contributed by atoms with E-state index in [0.717, 1.165) is 12.0 Å². The normalized spacial score (nSPS) is 29.7. The fourth-order valence-corrected chi connectivity index (χ4v) is 3.92. The zero-order chi connectivity index (χ0) is 15.4. The summed E-state index contributed by atoms with van der Waals surface area (Å²) in [5, 5.41) is 0. The molecule has 1 fully saturated rings. The van der Waals surface area contributed by atoms with Crippen molar-refractivity contribution in [1.82, 2.24) is 9.88 Å². The van der Waals surface area contributed by atoms with Gasteiger partial charge in [0.05, 0.1) is 0 Å². The highest BCUT2D eigenvalue weighted by atomic mass is 16.6. The van der Waals surface area contributed by atoms with Crippen molar-refractivity contribution < 1.29 is 9.53 Å². The highest BCUT2D eigenvalue weighted by Crippen LogP contribution is 2.54. The summed E-state index contributed by atoms with van der Waals surface area (Å²) in [6.07, 6.45) is 4.14. The lowest BCUT2D eigenvalue weighted by Gasteiger charge is -2.46. The van der Waals surface area contributed by atoms with Crippen LogP contribution in [0, 0.1) is 0 Å². The molecule has 4 heteroatoms. The number of benzene rings is 1. The summed E-state index contributed by atoms with van der Waals surface area (Å²) in [5.41, 5.74) is 2.09. The molecule has 0 bridgehead atoms. The first-order valence-electron chi connectivity index (χ1n) is 7.57. The monoisotopic (exact) mass is 294 g/mol. The Labute approximate surface area is 129 Å². The first kappa shape index (κ1) is 13.3. The zero-order valence-corrected chi connectivity index (χ0v) is 12.7. The molecular formula is C18H18N2O2. The van der Waals surface area contributed by atoms with Crippen LogP contribution in [0.1, 0.15) is 30.5 Å². The molecule has 0 unspecified atom stereocenters. The third-order valence-electron chi connectivity index (χ3n) is 5.34. The number of pyridine rings is 1. The number of ether oxygens (including phenoxy) is 1. The van der Waals surface area contributed by atoms with Gasteiger partial charge in [-0.3, -0.25) is 9.88 Å². The number of cyclic esters (lactones) is 1. The predicted molar refractivity (Wildman–Crippen MR) is 82.3 cm³/mol. The Kier molecular flexibility index (Phi) is 2.61. The molecule has 1 aromatic heterocycles. The Morgan fingerprint density at radius 2 is 2.00 bits per heavy atom. The maximum Gasteiger partial charge on any atom is 0.411 e. The fraction of sp³-hybridized carbons (Fsp3) is 0.333. The summed E-state index contributed by atoms with van der Waals surface area (Å²) in [4.78, 5) is 18.6. The van der Waals surface area contributed by atoms with Crippen LogP contribution >= 0.6 is 0 Å². The summed E-state index contributed by atoms with van der Waals surface area (Å²) in [5.74, 6) is 0. The summed E-state index contributed by atoms with van der Waals surface area (Å²) < 4.78 is 5.89. The van der Waals surface area contributed by atoms with E-state index in [1.165, 1.54) is 11.1 Å². The van der Waals surface area contributed by atoms with Crippen molar-refractivity contribution in [3.63, 3.8) is 0 Å². The molecule has 0 saturated carbocycles. The van der Waals surface area contributed by atoms with Crippen LogP contribution < -0.4 is 0 Å². The quantitative estimate of drug-likeness (QED) is 0.811. The number of carbonyl (C=O) groups is 1. The minimum absolute atomic E-state index is 0.247. The summed E-state index contributed by atoms with van der Waals surface area (Å²) in [6.45, 7) is 4.77. The molecule has 0 radical (unpaired) electrons. The Hall–Kier alpha value is -2.36. The smallest absolute Gasteiger partial charge is 0.411 e. The molecule has 3 heterocycles. The number of fused-ring (bicyclic) bond motifs is 3. The molecule has 0 spiro atoms. The second kappa shape index (κ2) is 4.32. The van der Waals surface area contributed by atoms with E-state index in [4.69, 9.17) is 4.74 Å². The van der Waals surface area contributed by atoms with Gasteiger partial charge in [0.25, 0.3) is 0 Å². The van der Waals surface area contributed by atoms with Crippen LogP contribution in [0.15, 0.2) is 48.8 Å². The van der Waals surface area contributed by atoms with Gasteiger partial charge < -0.3 is 4.74 Å². The van der Waals surface area contributed by atoms with Crippen LogP contribution in [0.3, 0.4) is 0 Å². The Balaban J connectivity index is 1.98. The van der Waals surface area contributed by atoms with E-state index in [0.29, 0.717) is 6.54 Å². The molecule has 1 saturated heterocycles. The van der Waals surface area contributed by atoms with Crippen LogP contribution in [-0.2, 0) is 22.3 Å². The van der Waals surface area contributed by atoms with E-state index >= 15 is 0 Å². The third-order valence-corrected chi connectivity index (χ3v) is 5.34. The molecule has 22 heavy (non-hydrogen) atoms. The van der Waals surface area contributed by atoms with Crippen LogP contribution in [0.25, 0.3) is 0 Å². The average molecular weight is 294 g/mol. The molecule has 112 valence electrons. The molecular weight excluding hydrogens is 276 g/mol. The van der Waals surface area contributed by atoms with Crippen LogP contribution in [0.4, 0.5) is 4.79 Å². The van der Waals surface area contributed by atoms with E-state index in [-0.39, 0.29) is 6.09 Å². The van der Waals surface area contributed by atoms with Crippen molar-refractivity contribution in [3.8, 4) is 0 Å². The molecule has 2 aliphatic heterocycles. The highest BCUT2D eigenvalue weighted by Gasteiger charge is 2.63. The number of nitrogens with zero attached hydrogens (tertiary/aromatic N) is 2. The third kappa shape index (κ3) is 1.47. The Morgan fingerprint density at radius 1 is 1.18 bits per heavy atom. The number of hydrogen-bond acceptors (Lipinski definition) is 3. The number of rotatable bonds is 1. The van der Waals surface area contributed by atoms with Crippen molar-refractivity contribution >= 4 is 6.09 Å². The summed E-state index contributed by atoms with van der Waals surface area (Å²) >= 11 is 0. The predicted octanol–water partition coefficient (Wildman–Crippen LogP) is 3.22. The van der Waals surface area contributed by atoms with Gasteiger partial charge in [0.15, 0.2) is 5.60 Å². The van der Waals surface area contributed by atoms with E-state index in [9.17, 15) is 4.79 Å². The van der Waals surface area contributed by atoms with Crippen LogP contribution in [0.2, 0.25) is 0 Å².